The minimum atomic E-state index is -0.255. The maximum absolute atomic E-state index is 10.9. The fourth-order valence-corrected chi connectivity index (χ4v) is 3.06. The van der Waals surface area contributed by atoms with E-state index >= 15 is 0 Å². The minimum absolute atomic E-state index is 0.255. The number of nitrogens with two attached hydrogens (primary N) is 1. The van der Waals surface area contributed by atoms with Crippen molar-refractivity contribution in [2.45, 2.75) is 33.6 Å². The molecular formula is C15H18N2OS. The van der Waals surface area contributed by atoms with Crippen molar-refractivity contribution in [3.63, 3.8) is 0 Å². The third-order valence-corrected chi connectivity index (χ3v) is 4.28. The van der Waals surface area contributed by atoms with Crippen LogP contribution in [0, 0.1) is 20.8 Å². The molecular weight excluding hydrogens is 256 g/mol. The Labute approximate surface area is 117 Å². The molecule has 19 heavy (non-hydrogen) atoms. The lowest BCUT2D eigenvalue weighted by atomic mass is 10.00. The Balaban J connectivity index is 2.35. The van der Waals surface area contributed by atoms with Crippen LogP contribution in [0.1, 0.15) is 28.2 Å². The molecule has 100 valence electrons. The van der Waals surface area contributed by atoms with Crippen LogP contribution in [-0.4, -0.2) is 10.9 Å². The molecule has 0 atom stereocenters. The number of aryl methyl sites for hydroxylation is 4. The van der Waals surface area contributed by atoms with E-state index in [9.17, 15) is 4.79 Å². The van der Waals surface area contributed by atoms with Gasteiger partial charge in [0.25, 0.3) is 0 Å². The molecule has 1 heterocycles. The van der Waals surface area contributed by atoms with E-state index < -0.39 is 0 Å². The van der Waals surface area contributed by atoms with E-state index in [1.165, 1.54) is 21.6 Å². The van der Waals surface area contributed by atoms with Crippen molar-refractivity contribution in [2.75, 3.05) is 0 Å². The molecule has 0 radical (unpaired) electrons. The number of carbonyl (C=O) groups excluding carboxylic acids is 1. The maximum Gasteiger partial charge on any atom is 0.217 e. The standard InChI is InChI=1S/C15H18N2OS/c1-9-4-5-13(8-12(9)6-7-14(16)18)15-10(2)17-11(3)19-15/h4-5,8H,6-7H2,1-3H3,(H2,16,18). The minimum Gasteiger partial charge on any atom is -0.370 e. The average molecular weight is 274 g/mol. The molecule has 1 amide bonds. The van der Waals surface area contributed by atoms with Gasteiger partial charge < -0.3 is 5.73 Å². The number of carbonyl (C=O) groups is 1. The third-order valence-electron chi connectivity index (χ3n) is 3.16. The molecule has 0 fully saturated rings. The molecule has 0 bridgehead atoms. The molecule has 2 rings (SSSR count). The van der Waals surface area contributed by atoms with Crippen molar-refractivity contribution in [3.8, 4) is 10.4 Å². The molecule has 0 saturated carbocycles. The molecule has 1 aromatic heterocycles. The van der Waals surface area contributed by atoms with Gasteiger partial charge in [-0.25, -0.2) is 4.98 Å². The van der Waals surface area contributed by atoms with E-state index in [0.29, 0.717) is 12.8 Å². The van der Waals surface area contributed by atoms with Crippen LogP contribution in [0.3, 0.4) is 0 Å². The molecule has 3 nitrogen and oxygen atoms in total. The number of nitrogens with zero attached hydrogens (tertiary/aromatic N) is 1. The largest absolute Gasteiger partial charge is 0.370 e. The summed E-state index contributed by atoms with van der Waals surface area (Å²) >= 11 is 1.70. The first kappa shape index (κ1) is 13.7. The molecule has 0 aliphatic carbocycles. The molecule has 4 heteroatoms. The molecule has 0 aliphatic heterocycles. The Morgan fingerprint density at radius 1 is 1.32 bits per heavy atom. The quantitative estimate of drug-likeness (QED) is 0.931. The summed E-state index contributed by atoms with van der Waals surface area (Å²) in [6.45, 7) is 6.11. The summed E-state index contributed by atoms with van der Waals surface area (Å²) in [4.78, 5) is 16.6. The van der Waals surface area contributed by atoms with Gasteiger partial charge in [0.1, 0.15) is 0 Å². The molecule has 1 aromatic carbocycles. The smallest absolute Gasteiger partial charge is 0.217 e. The summed E-state index contributed by atoms with van der Waals surface area (Å²) in [7, 11) is 0. The molecule has 2 aromatic rings. The second kappa shape index (κ2) is 5.53. The van der Waals surface area contributed by atoms with Crippen LogP contribution in [0.5, 0.6) is 0 Å². The lowest BCUT2D eigenvalue weighted by molar-refractivity contribution is -0.117. The highest BCUT2D eigenvalue weighted by Gasteiger charge is 2.09. The molecule has 0 saturated heterocycles. The number of thiazole rings is 1. The van der Waals surface area contributed by atoms with Crippen LogP contribution < -0.4 is 5.73 Å². The average Bonchev–Trinajstić information content (AvgIpc) is 2.67. The van der Waals surface area contributed by atoms with E-state index in [1.807, 2.05) is 13.8 Å². The predicted molar refractivity (Wildman–Crippen MR) is 79.3 cm³/mol. The van der Waals surface area contributed by atoms with Crippen molar-refractivity contribution in [2.24, 2.45) is 5.73 Å². The highest BCUT2D eigenvalue weighted by molar-refractivity contribution is 7.15. The van der Waals surface area contributed by atoms with Gasteiger partial charge in [-0.05, 0) is 49.9 Å². The number of primary amides is 1. The van der Waals surface area contributed by atoms with Gasteiger partial charge in [0.05, 0.1) is 15.6 Å². The van der Waals surface area contributed by atoms with Gasteiger partial charge >= 0.3 is 0 Å². The Bertz CT molecular complexity index is 617. The fraction of sp³-hybridized carbons (Fsp3) is 0.333. The second-order valence-corrected chi connectivity index (χ2v) is 5.96. The zero-order valence-corrected chi connectivity index (χ0v) is 12.3. The number of hydrogen-bond donors (Lipinski definition) is 1. The summed E-state index contributed by atoms with van der Waals surface area (Å²) in [5.41, 5.74) is 9.84. The molecule has 0 unspecified atom stereocenters. The van der Waals surface area contributed by atoms with Crippen molar-refractivity contribution in [1.29, 1.82) is 0 Å². The Morgan fingerprint density at radius 2 is 2.05 bits per heavy atom. The second-order valence-electron chi connectivity index (χ2n) is 4.75. The van der Waals surface area contributed by atoms with Gasteiger partial charge in [-0.3, -0.25) is 4.79 Å². The first-order chi connectivity index (χ1) is 8.97. The van der Waals surface area contributed by atoms with E-state index in [2.05, 4.69) is 30.1 Å². The van der Waals surface area contributed by atoms with Crippen molar-refractivity contribution in [3.05, 3.63) is 40.0 Å². The first-order valence-corrected chi connectivity index (χ1v) is 7.11. The Kier molecular flexibility index (Phi) is 4.00. The number of aromatic nitrogens is 1. The summed E-state index contributed by atoms with van der Waals surface area (Å²) in [5, 5.41) is 1.08. The zero-order chi connectivity index (χ0) is 14.0. The van der Waals surface area contributed by atoms with Crippen LogP contribution in [0.2, 0.25) is 0 Å². The van der Waals surface area contributed by atoms with Crippen molar-refractivity contribution < 1.29 is 4.79 Å². The summed E-state index contributed by atoms with van der Waals surface area (Å²) in [6, 6.07) is 6.36. The third kappa shape index (κ3) is 3.20. The first-order valence-electron chi connectivity index (χ1n) is 6.29. The van der Waals surface area contributed by atoms with Gasteiger partial charge in [-0.1, -0.05) is 12.1 Å². The van der Waals surface area contributed by atoms with Gasteiger partial charge in [-0.2, -0.15) is 0 Å². The molecule has 2 N–H and O–H groups in total. The van der Waals surface area contributed by atoms with E-state index in [4.69, 9.17) is 5.73 Å². The summed E-state index contributed by atoms with van der Waals surface area (Å²) < 4.78 is 0. The Hall–Kier alpha value is -1.68. The topological polar surface area (TPSA) is 56.0 Å². The van der Waals surface area contributed by atoms with E-state index in [-0.39, 0.29) is 5.91 Å². The maximum atomic E-state index is 10.9. The van der Waals surface area contributed by atoms with Crippen molar-refractivity contribution in [1.82, 2.24) is 4.98 Å². The molecule has 0 spiro atoms. The lowest BCUT2D eigenvalue weighted by Gasteiger charge is -2.07. The number of rotatable bonds is 4. The van der Waals surface area contributed by atoms with E-state index in [0.717, 1.165) is 10.7 Å². The fourth-order valence-electron chi connectivity index (χ4n) is 2.14. The number of hydrogen-bond acceptors (Lipinski definition) is 3. The summed E-state index contributed by atoms with van der Waals surface area (Å²) in [6.07, 6.45) is 1.09. The SMILES string of the molecule is Cc1nc(C)c(-c2ccc(C)c(CCC(N)=O)c2)s1. The van der Waals surface area contributed by atoms with Crippen LogP contribution in [0.15, 0.2) is 18.2 Å². The van der Waals surface area contributed by atoms with Crippen LogP contribution >= 0.6 is 11.3 Å². The predicted octanol–water partition coefficient (Wildman–Crippen LogP) is 3.15. The van der Waals surface area contributed by atoms with Gasteiger partial charge in [0.15, 0.2) is 0 Å². The van der Waals surface area contributed by atoms with Gasteiger partial charge in [0.2, 0.25) is 5.91 Å². The summed E-state index contributed by atoms with van der Waals surface area (Å²) in [5.74, 6) is -0.255. The lowest BCUT2D eigenvalue weighted by Crippen LogP contribution is -2.11. The van der Waals surface area contributed by atoms with Gasteiger partial charge in [-0.15, -0.1) is 11.3 Å². The van der Waals surface area contributed by atoms with Gasteiger partial charge in [0, 0.05) is 6.42 Å². The van der Waals surface area contributed by atoms with Crippen molar-refractivity contribution >= 4 is 17.2 Å². The highest BCUT2D eigenvalue weighted by atomic mass is 32.1. The normalized spacial score (nSPS) is 10.7. The molecule has 0 aliphatic rings. The zero-order valence-electron chi connectivity index (χ0n) is 11.5. The number of benzene rings is 1. The van der Waals surface area contributed by atoms with Crippen LogP contribution in [0.4, 0.5) is 0 Å². The van der Waals surface area contributed by atoms with Crippen LogP contribution in [0.25, 0.3) is 10.4 Å². The van der Waals surface area contributed by atoms with E-state index in [1.54, 1.807) is 11.3 Å². The Morgan fingerprint density at radius 3 is 2.63 bits per heavy atom. The van der Waals surface area contributed by atoms with Crippen LogP contribution in [-0.2, 0) is 11.2 Å². The number of amides is 1. The highest BCUT2D eigenvalue weighted by Crippen LogP contribution is 2.31. The monoisotopic (exact) mass is 274 g/mol.